The van der Waals surface area contributed by atoms with Crippen LogP contribution in [0.3, 0.4) is 0 Å². The van der Waals surface area contributed by atoms with Crippen LogP contribution in [0.25, 0.3) is 0 Å². The SMILES string of the molecule is CC(C)c1ccccc1C1(N)CNC1.Cl. The lowest BCUT2D eigenvalue weighted by Crippen LogP contribution is -2.63. The van der Waals surface area contributed by atoms with Crippen molar-refractivity contribution in [2.24, 2.45) is 5.73 Å². The van der Waals surface area contributed by atoms with Gasteiger partial charge in [0, 0.05) is 13.1 Å². The molecule has 0 unspecified atom stereocenters. The summed E-state index contributed by atoms with van der Waals surface area (Å²) in [4.78, 5) is 0. The normalized spacial score (nSPS) is 18.1. The number of nitrogens with one attached hydrogen (secondary N) is 1. The first-order valence-corrected chi connectivity index (χ1v) is 5.22. The van der Waals surface area contributed by atoms with Crippen LogP contribution in [0.15, 0.2) is 24.3 Å². The Morgan fingerprint density at radius 1 is 1.27 bits per heavy atom. The Balaban J connectivity index is 0.00000112. The maximum absolute atomic E-state index is 6.30. The molecule has 1 aromatic rings. The number of hydrogen-bond donors (Lipinski definition) is 2. The van der Waals surface area contributed by atoms with E-state index in [9.17, 15) is 0 Å². The molecule has 0 saturated carbocycles. The third kappa shape index (κ3) is 2.17. The molecule has 1 saturated heterocycles. The van der Waals surface area contributed by atoms with E-state index in [1.54, 1.807) is 0 Å². The van der Waals surface area contributed by atoms with Crippen LogP contribution in [-0.2, 0) is 5.54 Å². The summed E-state index contributed by atoms with van der Waals surface area (Å²) in [5.74, 6) is 0.548. The highest BCUT2D eigenvalue weighted by Gasteiger charge is 2.35. The molecule has 2 rings (SSSR count). The van der Waals surface area contributed by atoms with Gasteiger partial charge in [0.2, 0.25) is 0 Å². The lowest BCUT2D eigenvalue weighted by molar-refractivity contribution is 0.284. The van der Waals surface area contributed by atoms with Crippen molar-refractivity contribution in [3.8, 4) is 0 Å². The molecular formula is C12H19ClN2. The highest BCUT2D eigenvalue weighted by molar-refractivity contribution is 5.85. The summed E-state index contributed by atoms with van der Waals surface area (Å²) >= 11 is 0. The van der Waals surface area contributed by atoms with Crippen molar-refractivity contribution in [2.75, 3.05) is 13.1 Å². The van der Waals surface area contributed by atoms with Gasteiger partial charge >= 0.3 is 0 Å². The first-order chi connectivity index (χ1) is 6.63. The zero-order chi connectivity index (χ0) is 10.2. The minimum absolute atomic E-state index is 0. The van der Waals surface area contributed by atoms with Gasteiger partial charge in [-0.2, -0.15) is 0 Å². The van der Waals surface area contributed by atoms with E-state index in [0.717, 1.165) is 13.1 Å². The van der Waals surface area contributed by atoms with Crippen molar-refractivity contribution in [1.29, 1.82) is 0 Å². The van der Waals surface area contributed by atoms with Crippen LogP contribution in [0, 0.1) is 0 Å². The topological polar surface area (TPSA) is 38.0 Å². The zero-order valence-corrected chi connectivity index (χ0v) is 10.1. The molecular weight excluding hydrogens is 208 g/mol. The predicted molar refractivity (Wildman–Crippen MR) is 66.5 cm³/mol. The quantitative estimate of drug-likeness (QED) is 0.810. The summed E-state index contributed by atoms with van der Waals surface area (Å²) in [6.07, 6.45) is 0. The first kappa shape index (κ1) is 12.5. The monoisotopic (exact) mass is 226 g/mol. The van der Waals surface area contributed by atoms with E-state index in [4.69, 9.17) is 5.73 Å². The summed E-state index contributed by atoms with van der Waals surface area (Å²) in [6.45, 7) is 6.23. The Labute approximate surface area is 97.7 Å². The van der Waals surface area contributed by atoms with Crippen molar-refractivity contribution in [2.45, 2.75) is 25.3 Å². The van der Waals surface area contributed by atoms with E-state index in [0.29, 0.717) is 5.92 Å². The van der Waals surface area contributed by atoms with Gasteiger partial charge in [-0.05, 0) is 17.0 Å². The maximum Gasteiger partial charge on any atom is 0.0665 e. The maximum atomic E-state index is 6.30. The second-order valence-corrected chi connectivity index (χ2v) is 4.50. The molecule has 0 aromatic heterocycles. The number of hydrogen-bond acceptors (Lipinski definition) is 2. The molecule has 1 aliphatic heterocycles. The predicted octanol–water partition coefficient (Wildman–Crippen LogP) is 1.99. The second-order valence-electron chi connectivity index (χ2n) is 4.50. The van der Waals surface area contributed by atoms with Crippen molar-refractivity contribution < 1.29 is 0 Å². The summed E-state index contributed by atoms with van der Waals surface area (Å²) in [6, 6.07) is 8.52. The fourth-order valence-electron chi connectivity index (χ4n) is 2.04. The van der Waals surface area contributed by atoms with E-state index >= 15 is 0 Å². The molecule has 2 nitrogen and oxygen atoms in total. The summed E-state index contributed by atoms with van der Waals surface area (Å²) < 4.78 is 0. The Morgan fingerprint density at radius 3 is 2.33 bits per heavy atom. The Hall–Kier alpha value is -0.570. The molecule has 1 fully saturated rings. The lowest BCUT2D eigenvalue weighted by atomic mass is 9.80. The number of rotatable bonds is 2. The van der Waals surface area contributed by atoms with Gasteiger partial charge in [-0.1, -0.05) is 38.1 Å². The largest absolute Gasteiger partial charge is 0.319 e. The molecule has 84 valence electrons. The van der Waals surface area contributed by atoms with Crippen LogP contribution < -0.4 is 11.1 Å². The molecule has 1 aromatic carbocycles. The Morgan fingerprint density at radius 2 is 1.87 bits per heavy atom. The van der Waals surface area contributed by atoms with Crippen LogP contribution >= 0.6 is 12.4 Å². The number of nitrogens with two attached hydrogens (primary N) is 1. The highest BCUT2D eigenvalue weighted by Crippen LogP contribution is 2.29. The summed E-state index contributed by atoms with van der Waals surface area (Å²) in [5, 5.41) is 3.24. The van der Waals surface area contributed by atoms with Crippen LogP contribution in [0.5, 0.6) is 0 Å². The van der Waals surface area contributed by atoms with Crippen molar-refractivity contribution in [3.63, 3.8) is 0 Å². The number of halogens is 1. The molecule has 0 atom stereocenters. The molecule has 3 N–H and O–H groups in total. The van der Waals surface area contributed by atoms with E-state index in [2.05, 4.69) is 43.4 Å². The van der Waals surface area contributed by atoms with Gasteiger partial charge in [0.15, 0.2) is 0 Å². The van der Waals surface area contributed by atoms with E-state index in [1.165, 1.54) is 11.1 Å². The fraction of sp³-hybridized carbons (Fsp3) is 0.500. The van der Waals surface area contributed by atoms with Crippen LogP contribution in [0.1, 0.15) is 30.9 Å². The summed E-state index contributed by atoms with van der Waals surface area (Å²) in [7, 11) is 0. The highest BCUT2D eigenvalue weighted by atomic mass is 35.5. The van der Waals surface area contributed by atoms with Crippen LogP contribution in [-0.4, -0.2) is 13.1 Å². The smallest absolute Gasteiger partial charge is 0.0665 e. The van der Waals surface area contributed by atoms with Gasteiger partial charge in [-0.15, -0.1) is 12.4 Å². The lowest BCUT2D eigenvalue weighted by Gasteiger charge is -2.41. The second kappa shape index (κ2) is 4.52. The van der Waals surface area contributed by atoms with Crippen LogP contribution in [0.2, 0.25) is 0 Å². The van der Waals surface area contributed by atoms with Crippen molar-refractivity contribution in [1.82, 2.24) is 5.32 Å². The molecule has 3 heteroatoms. The molecule has 1 aliphatic rings. The molecule has 1 heterocycles. The standard InChI is InChI=1S/C12H18N2.ClH/c1-9(2)10-5-3-4-6-11(10)12(13)7-14-8-12;/h3-6,9,14H,7-8,13H2,1-2H3;1H. The molecule has 0 spiro atoms. The zero-order valence-electron chi connectivity index (χ0n) is 9.29. The van der Waals surface area contributed by atoms with Gasteiger partial charge in [-0.25, -0.2) is 0 Å². The fourth-order valence-corrected chi connectivity index (χ4v) is 2.04. The van der Waals surface area contributed by atoms with E-state index in [-0.39, 0.29) is 17.9 Å². The minimum Gasteiger partial charge on any atom is -0.319 e. The van der Waals surface area contributed by atoms with Gasteiger partial charge in [0.05, 0.1) is 5.54 Å². The Bertz CT molecular complexity index is 332. The van der Waals surface area contributed by atoms with Crippen molar-refractivity contribution >= 4 is 12.4 Å². The Kier molecular flexibility index (Phi) is 3.77. The minimum atomic E-state index is -0.124. The molecule has 0 bridgehead atoms. The van der Waals surface area contributed by atoms with Gasteiger partial charge < -0.3 is 11.1 Å². The third-order valence-electron chi connectivity index (χ3n) is 3.00. The van der Waals surface area contributed by atoms with Gasteiger partial charge in [0.25, 0.3) is 0 Å². The van der Waals surface area contributed by atoms with Gasteiger partial charge in [0.1, 0.15) is 0 Å². The van der Waals surface area contributed by atoms with Crippen molar-refractivity contribution in [3.05, 3.63) is 35.4 Å². The van der Waals surface area contributed by atoms with E-state index in [1.807, 2.05) is 0 Å². The molecule has 0 amide bonds. The third-order valence-corrected chi connectivity index (χ3v) is 3.00. The van der Waals surface area contributed by atoms with Gasteiger partial charge in [-0.3, -0.25) is 0 Å². The average molecular weight is 227 g/mol. The average Bonchev–Trinajstić information content (AvgIpc) is 2.14. The molecule has 0 aliphatic carbocycles. The first-order valence-electron chi connectivity index (χ1n) is 5.22. The summed E-state index contributed by atoms with van der Waals surface area (Å²) in [5.41, 5.74) is 8.88. The van der Waals surface area contributed by atoms with E-state index < -0.39 is 0 Å². The van der Waals surface area contributed by atoms with Crippen LogP contribution in [0.4, 0.5) is 0 Å². The molecule has 0 radical (unpaired) electrons. The molecule has 15 heavy (non-hydrogen) atoms. The number of benzene rings is 1.